The van der Waals surface area contributed by atoms with Crippen LogP contribution in [0.25, 0.3) is 0 Å². The molecule has 1 fully saturated rings. The molecule has 6 heteroatoms. The van der Waals surface area contributed by atoms with Crippen LogP contribution in [-0.2, 0) is 9.84 Å². The van der Waals surface area contributed by atoms with Gasteiger partial charge >= 0.3 is 0 Å². The van der Waals surface area contributed by atoms with Gasteiger partial charge in [-0.05, 0) is 24.6 Å². The van der Waals surface area contributed by atoms with E-state index in [0.717, 1.165) is 24.9 Å². The highest BCUT2D eigenvalue weighted by Crippen LogP contribution is 2.18. The fraction of sp³-hybridized carbons (Fsp3) is 0.438. The van der Waals surface area contributed by atoms with E-state index in [9.17, 15) is 13.2 Å². The molecule has 22 heavy (non-hydrogen) atoms. The number of benzene rings is 1. The maximum absolute atomic E-state index is 12.6. The molecule has 5 nitrogen and oxygen atoms in total. The topological polar surface area (TPSA) is 57.7 Å². The third-order valence-electron chi connectivity index (χ3n) is 3.84. The second-order valence-electron chi connectivity index (χ2n) is 5.52. The van der Waals surface area contributed by atoms with E-state index in [1.165, 1.54) is 12.1 Å². The fourth-order valence-electron chi connectivity index (χ4n) is 2.47. The summed E-state index contributed by atoms with van der Waals surface area (Å²) in [5.41, 5.74) is 1.23. The highest BCUT2D eigenvalue weighted by atomic mass is 32.2. The second kappa shape index (κ2) is 6.51. The number of hydrogen-bond donors (Lipinski definition) is 0. The van der Waals surface area contributed by atoms with Gasteiger partial charge in [0.05, 0.1) is 11.4 Å². The molecule has 1 amide bonds. The van der Waals surface area contributed by atoms with Gasteiger partial charge in [0.1, 0.15) is 0 Å². The average Bonchev–Trinajstić information content (AvgIpc) is 2.47. The van der Waals surface area contributed by atoms with Crippen LogP contribution in [0.4, 0.5) is 0 Å². The summed E-state index contributed by atoms with van der Waals surface area (Å²) in [6.45, 7) is 5.08. The van der Waals surface area contributed by atoms with Gasteiger partial charge in [-0.3, -0.25) is 9.69 Å². The summed E-state index contributed by atoms with van der Waals surface area (Å²) in [5.74, 6) is 2.48. The molecule has 118 valence electrons. The number of carbonyl (C=O) groups excluding carboxylic acids is 1. The lowest BCUT2D eigenvalue weighted by atomic mass is 10.1. The van der Waals surface area contributed by atoms with E-state index in [-0.39, 0.29) is 10.8 Å². The number of aryl methyl sites for hydroxylation is 1. The van der Waals surface area contributed by atoms with Crippen LogP contribution in [0.3, 0.4) is 0 Å². The largest absolute Gasteiger partial charge is 0.336 e. The Balaban J connectivity index is 2.19. The molecule has 1 aliphatic heterocycles. The molecule has 0 aliphatic carbocycles. The lowest BCUT2D eigenvalue weighted by Crippen LogP contribution is -2.48. The number of sulfone groups is 1. The Labute approximate surface area is 131 Å². The van der Waals surface area contributed by atoms with E-state index in [1.54, 1.807) is 11.0 Å². The smallest absolute Gasteiger partial charge is 0.254 e. The molecule has 0 unspecified atom stereocenters. The lowest BCUT2D eigenvalue weighted by molar-refractivity contribution is 0.0651. The van der Waals surface area contributed by atoms with Crippen LogP contribution in [0.15, 0.2) is 23.1 Å². The monoisotopic (exact) mass is 320 g/mol. The van der Waals surface area contributed by atoms with Gasteiger partial charge in [-0.1, -0.05) is 12.0 Å². The number of piperazine rings is 1. The van der Waals surface area contributed by atoms with Crippen molar-refractivity contribution < 1.29 is 13.2 Å². The molecular weight excluding hydrogens is 300 g/mol. The third kappa shape index (κ3) is 3.67. The Kier molecular flexibility index (Phi) is 4.89. The number of hydrogen-bond acceptors (Lipinski definition) is 4. The normalized spacial score (nSPS) is 16.3. The summed E-state index contributed by atoms with van der Waals surface area (Å²) in [6, 6.07) is 4.69. The van der Waals surface area contributed by atoms with Crippen LogP contribution >= 0.6 is 0 Å². The average molecular weight is 320 g/mol. The van der Waals surface area contributed by atoms with Crippen molar-refractivity contribution >= 4 is 15.7 Å². The predicted octanol–water partition coefficient (Wildman–Crippen LogP) is 0.790. The van der Waals surface area contributed by atoms with Gasteiger partial charge < -0.3 is 4.90 Å². The zero-order valence-electron chi connectivity index (χ0n) is 12.9. The first-order valence-corrected chi connectivity index (χ1v) is 8.98. The minimum absolute atomic E-state index is 0.122. The van der Waals surface area contributed by atoms with Crippen LogP contribution in [-0.4, -0.2) is 63.1 Å². The fourth-order valence-corrected chi connectivity index (χ4v) is 3.12. The van der Waals surface area contributed by atoms with Crippen molar-refractivity contribution in [3.05, 3.63) is 29.3 Å². The Morgan fingerprint density at radius 2 is 1.91 bits per heavy atom. The van der Waals surface area contributed by atoms with Gasteiger partial charge in [-0.15, -0.1) is 6.42 Å². The quantitative estimate of drug-likeness (QED) is 0.773. The second-order valence-corrected chi connectivity index (χ2v) is 7.54. The van der Waals surface area contributed by atoms with Gasteiger partial charge in [-0.25, -0.2) is 8.42 Å². The molecule has 0 radical (unpaired) electrons. The number of nitrogens with zero attached hydrogens (tertiary/aromatic N) is 2. The van der Waals surface area contributed by atoms with E-state index in [4.69, 9.17) is 6.42 Å². The molecule has 0 spiro atoms. The van der Waals surface area contributed by atoms with Crippen LogP contribution in [0.2, 0.25) is 0 Å². The minimum atomic E-state index is -3.32. The third-order valence-corrected chi connectivity index (χ3v) is 4.95. The maximum Gasteiger partial charge on any atom is 0.254 e. The molecule has 2 rings (SSSR count). The van der Waals surface area contributed by atoms with Gasteiger partial charge in [0.15, 0.2) is 9.84 Å². The summed E-state index contributed by atoms with van der Waals surface area (Å²) in [4.78, 5) is 16.7. The van der Waals surface area contributed by atoms with Crippen LogP contribution < -0.4 is 0 Å². The first-order chi connectivity index (χ1) is 10.3. The van der Waals surface area contributed by atoms with E-state index in [0.29, 0.717) is 25.2 Å². The van der Waals surface area contributed by atoms with Crippen molar-refractivity contribution in [3.8, 4) is 12.3 Å². The number of carbonyl (C=O) groups is 1. The summed E-state index contributed by atoms with van der Waals surface area (Å²) in [5, 5.41) is 0. The zero-order chi connectivity index (χ0) is 16.3. The molecule has 1 heterocycles. The molecule has 0 bridgehead atoms. The molecule has 0 saturated carbocycles. The SMILES string of the molecule is C#CCN1CCN(C(=O)c2cc(S(C)(=O)=O)ccc2C)CC1. The Morgan fingerprint density at radius 1 is 1.27 bits per heavy atom. The molecule has 0 aromatic heterocycles. The van der Waals surface area contributed by atoms with E-state index in [1.807, 2.05) is 6.92 Å². The molecule has 1 aromatic rings. The Morgan fingerprint density at radius 3 is 2.45 bits per heavy atom. The van der Waals surface area contributed by atoms with Crippen molar-refractivity contribution in [2.45, 2.75) is 11.8 Å². The van der Waals surface area contributed by atoms with Crippen LogP contribution in [0, 0.1) is 19.3 Å². The lowest BCUT2D eigenvalue weighted by Gasteiger charge is -2.34. The minimum Gasteiger partial charge on any atom is -0.336 e. The number of terminal acetylenes is 1. The molecule has 1 aliphatic rings. The number of amides is 1. The van der Waals surface area contributed by atoms with Crippen molar-refractivity contribution in [1.82, 2.24) is 9.80 Å². The van der Waals surface area contributed by atoms with Crippen molar-refractivity contribution in [1.29, 1.82) is 0 Å². The maximum atomic E-state index is 12.6. The van der Waals surface area contributed by atoms with Crippen molar-refractivity contribution in [3.63, 3.8) is 0 Å². The standard InChI is InChI=1S/C16H20N2O3S/c1-4-7-17-8-10-18(11-9-17)16(19)15-12-14(22(3,20)21)6-5-13(15)2/h1,5-6,12H,7-11H2,2-3H3. The summed E-state index contributed by atoms with van der Waals surface area (Å²) in [7, 11) is -3.32. The molecule has 0 atom stereocenters. The van der Waals surface area contributed by atoms with E-state index >= 15 is 0 Å². The summed E-state index contributed by atoms with van der Waals surface area (Å²) >= 11 is 0. The van der Waals surface area contributed by atoms with Crippen LogP contribution in [0.1, 0.15) is 15.9 Å². The Hall–Kier alpha value is -1.84. The van der Waals surface area contributed by atoms with Crippen molar-refractivity contribution in [2.24, 2.45) is 0 Å². The highest BCUT2D eigenvalue weighted by molar-refractivity contribution is 7.90. The number of rotatable bonds is 3. The van der Waals surface area contributed by atoms with Crippen LogP contribution in [0.5, 0.6) is 0 Å². The van der Waals surface area contributed by atoms with E-state index < -0.39 is 9.84 Å². The first kappa shape index (κ1) is 16.5. The Bertz CT molecular complexity index is 711. The summed E-state index contributed by atoms with van der Waals surface area (Å²) in [6.07, 6.45) is 6.44. The molecular formula is C16H20N2O3S. The first-order valence-electron chi connectivity index (χ1n) is 7.08. The highest BCUT2D eigenvalue weighted by Gasteiger charge is 2.23. The predicted molar refractivity (Wildman–Crippen MR) is 85.5 cm³/mol. The van der Waals surface area contributed by atoms with Gasteiger partial charge in [0.2, 0.25) is 0 Å². The van der Waals surface area contributed by atoms with Gasteiger partial charge in [-0.2, -0.15) is 0 Å². The molecule has 1 aromatic carbocycles. The molecule has 1 saturated heterocycles. The van der Waals surface area contributed by atoms with Gasteiger partial charge in [0, 0.05) is 38.0 Å². The van der Waals surface area contributed by atoms with E-state index in [2.05, 4.69) is 10.8 Å². The zero-order valence-corrected chi connectivity index (χ0v) is 13.7. The van der Waals surface area contributed by atoms with Gasteiger partial charge in [0.25, 0.3) is 5.91 Å². The summed E-state index contributed by atoms with van der Waals surface area (Å²) < 4.78 is 23.3. The van der Waals surface area contributed by atoms with Crippen molar-refractivity contribution in [2.75, 3.05) is 39.0 Å². The molecule has 0 N–H and O–H groups in total.